The molecule has 1 saturated carbocycles. The van der Waals surface area contributed by atoms with Crippen LogP contribution < -0.4 is 10.6 Å². The average molecular weight is 815 g/mol. The Bertz CT molecular complexity index is 1650. The predicted octanol–water partition coefficient (Wildman–Crippen LogP) is 5.41. The molecule has 3 heterocycles. The van der Waals surface area contributed by atoms with Gasteiger partial charge >= 0.3 is 18.1 Å². The maximum Gasteiger partial charge on any atom is 0.434 e. The Kier molecular flexibility index (Phi) is 15.6. The van der Waals surface area contributed by atoms with E-state index in [1.165, 1.54) is 19.4 Å². The molecule has 55 heavy (non-hydrogen) atoms. The van der Waals surface area contributed by atoms with Gasteiger partial charge in [-0.1, -0.05) is 34.1 Å². The van der Waals surface area contributed by atoms with E-state index in [1.54, 1.807) is 18.9 Å². The summed E-state index contributed by atoms with van der Waals surface area (Å²) in [5.74, 6) is -2.87. The number of halogens is 3. The summed E-state index contributed by atoms with van der Waals surface area (Å²) in [5, 5.41) is 8.69. The van der Waals surface area contributed by atoms with Crippen LogP contribution in [-0.4, -0.2) is 101 Å². The number of hydrogen-bond acceptors (Lipinski definition) is 12. The van der Waals surface area contributed by atoms with Crippen molar-refractivity contribution in [3.05, 3.63) is 32.2 Å². The molecule has 2 aliphatic rings. The normalized spacial score (nSPS) is 19.1. The molecule has 1 saturated heterocycles. The van der Waals surface area contributed by atoms with Crippen molar-refractivity contribution >= 4 is 52.3 Å². The van der Waals surface area contributed by atoms with Crippen LogP contribution >= 0.6 is 22.7 Å². The highest BCUT2D eigenvalue weighted by Crippen LogP contribution is 2.36. The van der Waals surface area contributed by atoms with Crippen molar-refractivity contribution in [2.75, 3.05) is 27.2 Å². The molecule has 6 atom stereocenters. The Morgan fingerprint density at radius 1 is 1.02 bits per heavy atom. The van der Waals surface area contributed by atoms with Crippen LogP contribution in [0, 0.1) is 17.8 Å². The molecule has 306 valence electrons. The first-order valence-electron chi connectivity index (χ1n) is 18.8. The van der Waals surface area contributed by atoms with Crippen molar-refractivity contribution < 1.29 is 46.6 Å². The van der Waals surface area contributed by atoms with Crippen LogP contribution in [0.5, 0.6) is 0 Å². The minimum atomic E-state index is -4.63. The van der Waals surface area contributed by atoms with E-state index < -0.39 is 59.9 Å². The third-order valence-corrected chi connectivity index (χ3v) is 12.0. The van der Waals surface area contributed by atoms with E-state index >= 15 is 0 Å². The van der Waals surface area contributed by atoms with Gasteiger partial charge in [0.2, 0.25) is 11.8 Å². The van der Waals surface area contributed by atoms with Crippen LogP contribution in [0.2, 0.25) is 0 Å². The smallest absolute Gasteiger partial charge is 0.434 e. The Morgan fingerprint density at radius 2 is 1.73 bits per heavy atom. The van der Waals surface area contributed by atoms with Crippen LogP contribution in [0.3, 0.4) is 0 Å². The number of nitrogens with one attached hydrogen (secondary N) is 2. The molecule has 2 aromatic heterocycles. The van der Waals surface area contributed by atoms with E-state index in [9.17, 15) is 37.1 Å². The molecule has 4 rings (SSSR count). The second-order valence-corrected chi connectivity index (χ2v) is 16.6. The van der Waals surface area contributed by atoms with Crippen molar-refractivity contribution in [3.8, 4) is 0 Å². The van der Waals surface area contributed by atoms with Crippen LogP contribution in [0.25, 0.3) is 0 Å². The van der Waals surface area contributed by atoms with Crippen LogP contribution in [-0.2, 0) is 41.2 Å². The second kappa shape index (κ2) is 19.5. The predicted molar refractivity (Wildman–Crippen MR) is 200 cm³/mol. The minimum Gasteiger partial charge on any atom is -0.469 e. The summed E-state index contributed by atoms with van der Waals surface area (Å²) in [4.78, 5) is 77.6. The zero-order valence-electron chi connectivity index (χ0n) is 32.4. The third kappa shape index (κ3) is 12.2. The average Bonchev–Trinajstić information content (AvgIpc) is 3.63. The number of amides is 3. The largest absolute Gasteiger partial charge is 0.469 e. The molecule has 1 aliphatic heterocycles. The molecule has 3 amide bonds. The summed E-state index contributed by atoms with van der Waals surface area (Å²) in [6.07, 6.45) is -0.995. The van der Waals surface area contributed by atoms with Crippen LogP contribution in [0.15, 0.2) is 10.8 Å². The Morgan fingerprint density at radius 3 is 2.31 bits per heavy atom. The molecular weight excluding hydrogens is 762 g/mol. The molecule has 0 spiro atoms. The number of piperidine rings is 1. The lowest BCUT2D eigenvalue weighted by Gasteiger charge is -2.37. The SMILES string of the molecule is CCN1CCCC[C@@H]1C(=O)N[C@H](C(=O)N(C)[C@H](C[C@@H](OC(C)=O)c1nc(C(=O)N[C@@H](Cc2nc(C(F)(F)F)cs2)C[C@H](C)C(=O)OC)cs1)C(C)C)C1CC1. The fourth-order valence-corrected chi connectivity index (χ4v) is 8.79. The zero-order valence-corrected chi connectivity index (χ0v) is 34.1. The molecule has 1 aliphatic carbocycles. The van der Waals surface area contributed by atoms with Crippen LogP contribution in [0.4, 0.5) is 13.2 Å². The Labute approximate surface area is 328 Å². The Balaban J connectivity index is 1.50. The number of carbonyl (C=O) groups is 5. The molecule has 0 unspecified atom stereocenters. The fourth-order valence-electron chi connectivity index (χ4n) is 7.07. The van der Waals surface area contributed by atoms with Crippen molar-refractivity contribution in [2.24, 2.45) is 17.8 Å². The highest BCUT2D eigenvalue weighted by Gasteiger charge is 2.43. The van der Waals surface area contributed by atoms with Gasteiger partial charge in [-0.25, -0.2) is 9.97 Å². The third-order valence-electron chi connectivity index (χ3n) is 10.2. The second-order valence-electron chi connectivity index (χ2n) is 14.8. The standard InChI is InChI=1S/C37H53F3N6O7S2/c1-8-46-14-10-9-11-26(46)33(49)44-31(23-12-13-23)35(50)45(6)27(20(2)3)17-28(53-22(5)47)34-42-25(18-55-34)32(48)41-24(15-21(4)36(51)52-7)16-30-43-29(19-54-30)37(38,39)40/h18-21,23-24,26-28,31H,8-17H2,1-7H3,(H,41,48)(H,44,49)/t21-,24+,26+,27+,28+,31-/m0/s1. The van der Waals surface area contributed by atoms with Crippen molar-refractivity contribution in [1.82, 2.24) is 30.4 Å². The van der Waals surface area contributed by atoms with Crippen molar-refractivity contribution in [1.29, 1.82) is 0 Å². The maximum absolute atomic E-state index is 14.1. The molecule has 2 N–H and O–H groups in total. The number of methoxy groups -OCH3 is 1. The quantitative estimate of drug-likeness (QED) is 0.187. The van der Waals surface area contributed by atoms with Crippen molar-refractivity contribution in [2.45, 2.75) is 122 Å². The van der Waals surface area contributed by atoms with Gasteiger partial charge in [0.15, 0.2) is 11.8 Å². The lowest BCUT2D eigenvalue weighted by molar-refractivity contribution is -0.149. The first-order valence-corrected chi connectivity index (χ1v) is 20.5. The number of hydrogen-bond donors (Lipinski definition) is 2. The number of alkyl halides is 3. The molecule has 0 aromatic carbocycles. The molecule has 0 radical (unpaired) electrons. The summed E-state index contributed by atoms with van der Waals surface area (Å²) in [6.45, 7) is 10.4. The summed E-state index contributed by atoms with van der Waals surface area (Å²) in [7, 11) is 2.91. The summed E-state index contributed by atoms with van der Waals surface area (Å²) < 4.78 is 50.2. The lowest BCUT2D eigenvalue weighted by atomic mass is 9.95. The van der Waals surface area contributed by atoms with E-state index in [4.69, 9.17) is 9.47 Å². The van der Waals surface area contributed by atoms with E-state index in [0.29, 0.717) is 5.01 Å². The molecule has 0 bridgehead atoms. The van der Waals surface area contributed by atoms with Gasteiger partial charge in [-0.3, -0.25) is 28.9 Å². The number of likely N-dealkylation sites (tertiary alicyclic amines) is 1. The van der Waals surface area contributed by atoms with Crippen molar-refractivity contribution in [3.63, 3.8) is 0 Å². The molecular formula is C37H53F3N6O7S2. The number of likely N-dealkylation sites (N-methyl/N-ethyl adjacent to an activating group) is 2. The fraction of sp³-hybridized carbons (Fsp3) is 0.703. The first kappa shape index (κ1) is 44.1. The summed E-state index contributed by atoms with van der Waals surface area (Å²) in [6, 6.07) is -2.19. The molecule has 18 heteroatoms. The van der Waals surface area contributed by atoms with Gasteiger partial charge in [0.25, 0.3) is 5.91 Å². The van der Waals surface area contributed by atoms with Gasteiger partial charge in [0.05, 0.1) is 24.1 Å². The van der Waals surface area contributed by atoms with E-state index in [0.717, 1.165) is 73.2 Å². The highest BCUT2D eigenvalue weighted by atomic mass is 32.1. The number of nitrogens with zero attached hydrogens (tertiary/aromatic N) is 4. The Hall–Kier alpha value is -3.64. The number of aromatic nitrogens is 2. The molecule has 2 fully saturated rings. The highest BCUT2D eigenvalue weighted by molar-refractivity contribution is 7.10. The zero-order chi connectivity index (χ0) is 40.6. The van der Waals surface area contributed by atoms with E-state index in [-0.39, 0.29) is 59.7 Å². The topological polar surface area (TPSA) is 160 Å². The van der Waals surface area contributed by atoms with Gasteiger partial charge in [-0.15, -0.1) is 22.7 Å². The number of thiazole rings is 2. The van der Waals surface area contributed by atoms with Gasteiger partial charge in [-0.05, 0) is 57.0 Å². The maximum atomic E-state index is 14.1. The van der Waals surface area contributed by atoms with E-state index in [2.05, 4.69) is 25.5 Å². The van der Waals surface area contributed by atoms with Gasteiger partial charge in [0, 0.05) is 49.7 Å². The number of esters is 2. The summed E-state index contributed by atoms with van der Waals surface area (Å²) in [5.41, 5.74) is -1.06. The number of ether oxygens (including phenoxy) is 2. The molecule has 2 aromatic rings. The minimum absolute atomic E-state index is 0.0196. The lowest BCUT2D eigenvalue weighted by Crippen LogP contribution is -2.57. The van der Waals surface area contributed by atoms with Gasteiger partial charge < -0.3 is 25.0 Å². The number of rotatable bonds is 18. The monoisotopic (exact) mass is 814 g/mol. The number of carbonyl (C=O) groups excluding carboxylic acids is 5. The first-order chi connectivity index (χ1) is 25.9. The van der Waals surface area contributed by atoms with Gasteiger partial charge in [0.1, 0.15) is 16.7 Å². The van der Waals surface area contributed by atoms with E-state index in [1.807, 2.05) is 20.8 Å². The van der Waals surface area contributed by atoms with Gasteiger partial charge in [-0.2, -0.15) is 13.2 Å². The van der Waals surface area contributed by atoms with Crippen LogP contribution in [0.1, 0.15) is 112 Å². The molecule has 13 nitrogen and oxygen atoms in total. The summed E-state index contributed by atoms with van der Waals surface area (Å²) >= 11 is 1.89.